The monoisotopic (exact) mass is 264 g/mol. The minimum atomic E-state index is -0.0563. The van der Waals surface area contributed by atoms with Crippen molar-refractivity contribution in [3.63, 3.8) is 0 Å². The van der Waals surface area contributed by atoms with E-state index in [1.807, 2.05) is 0 Å². The number of hydrogen-bond donors (Lipinski definition) is 2. The molecule has 1 aromatic heterocycles. The molecule has 1 aromatic rings. The fourth-order valence-corrected chi connectivity index (χ4v) is 2.34. The van der Waals surface area contributed by atoms with Crippen LogP contribution in [0.4, 0.5) is 0 Å². The van der Waals surface area contributed by atoms with Gasteiger partial charge in [-0.25, -0.2) is 9.97 Å². The third kappa shape index (κ3) is 3.33. The first-order valence-corrected chi connectivity index (χ1v) is 6.56. The Morgan fingerprint density at radius 2 is 2.11 bits per heavy atom. The van der Waals surface area contributed by atoms with Crippen LogP contribution in [0.25, 0.3) is 0 Å². The number of nitrogens with zero attached hydrogens (tertiary/aromatic N) is 3. The van der Waals surface area contributed by atoms with Crippen LogP contribution in [0, 0.1) is 11.8 Å². The maximum Gasteiger partial charge on any atom is 0.232 e. The Hall–Kier alpha value is -1.85. The summed E-state index contributed by atoms with van der Waals surface area (Å²) in [7, 11) is 0. The quantitative estimate of drug-likeness (QED) is 0.375. The Morgan fingerprint density at radius 3 is 2.68 bits per heavy atom. The van der Waals surface area contributed by atoms with Crippen molar-refractivity contribution in [2.75, 3.05) is 0 Å². The van der Waals surface area contributed by atoms with E-state index in [1.165, 1.54) is 18.8 Å². The molecule has 0 spiro atoms. The number of nitrogens with two attached hydrogens (primary N) is 1. The van der Waals surface area contributed by atoms with Crippen molar-refractivity contribution in [3.8, 4) is 5.88 Å². The summed E-state index contributed by atoms with van der Waals surface area (Å²) in [5, 5.41) is 11.4. The SMILES string of the molecule is CC1CCC(Oc2cnc(C(N)=NO)cn2)CC1C. The minimum absolute atomic E-state index is 0.0563. The van der Waals surface area contributed by atoms with Crippen molar-refractivity contribution in [2.24, 2.45) is 22.7 Å². The zero-order valence-electron chi connectivity index (χ0n) is 11.3. The Morgan fingerprint density at radius 1 is 1.32 bits per heavy atom. The number of rotatable bonds is 3. The summed E-state index contributed by atoms with van der Waals surface area (Å²) in [5.41, 5.74) is 5.75. The van der Waals surface area contributed by atoms with E-state index in [2.05, 4.69) is 29.0 Å². The molecule has 0 amide bonds. The van der Waals surface area contributed by atoms with Crippen molar-refractivity contribution >= 4 is 5.84 Å². The fraction of sp³-hybridized carbons (Fsp3) is 0.615. The van der Waals surface area contributed by atoms with Crippen LogP contribution in [0.3, 0.4) is 0 Å². The Kier molecular flexibility index (Phi) is 4.19. The summed E-state index contributed by atoms with van der Waals surface area (Å²) >= 11 is 0. The van der Waals surface area contributed by atoms with E-state index in [0.29, 0.717) is 17.5 Å². The molecule has 1 heterocycles. The Bertz CT molecular complexity index is 446. The lowest BCUT2D eigenvalue weighted by Crippen LogP contribution is -2.29. The highest BCUT2D eigenvalue weighted by atomic mass is 16.5. The number of hydrogen-bond acceptors (Lipinski definition) is 5. The van der Waals surface area contributed by atoms with Crippen LogP contribution in [0.15, 0.2) is 17.5 Å². The predicted molar refractivity (Wildman–Crippen MR) is 71.1 cm³/mol. The third-order valence-electron chi connectivity index (χ3n) is 3.84. The molecule has 0 aromatic carbocycles. The van der Waals surface area contributed by atoms with Gasteiger partial charge in [0.2, 0.25) is 5.88 Å². The molecule has 3 atom stereocenters. The van der Waals surface area contributed by atoms with Crippen LogP contribution < -0.4 is 10.5 Å². The van der Waals surface area contributed by atoms with Gasteiger partial charge in [0.1, 0.15) is 11.8 Å². The van der Waals surface area contributed by atoms with Gasteiger partial charge in [-0.3, -0.25) is 0 Å². The molecule has 0 aliphatic heterocycles. The van der Waals surface area contributed by atoms with E-state index in [-0.39, 0.29) is 11.9 Å². The first-order chi connectivity index (χ1) is 9.10. The van der Waals surface area contributed by atoms with Gasteiger partial charge in [-0.2, -0.15) is 0 Å². The molecular weight excluding hydrogens is 244 g/mol. The van der Waals surface area contributed by atoms with Crippen molar-refractivity contribution in [1.29, 1.82) is 0 Å². The van der Waals surface area contributed by atoms with Crippen LogP contribution in [-0.4, -0.2) is 27.1 Å². The van der Waals surface area contributed by atoms with Crippen LogP contribution in [0.1, 0.15) is 38.8 Å². The molecule has 0 bridgehead atoms. The van der Waals surface area contributed by atoms with Gasteiger partial charge in [0.05, 0.1) is 12.4 Å². The normalized spacial score (nSPS) is 28.1. The summed E-state index contributed by atoms with van der Waals surface area (Å²) in [4.78, 5) is 8.17. The highest BCUT2D eigenvalue weighted by Gasteiger charge is 2.26. The van der Waals surface area contributed by atoms with Crippen LogP contribution in [-0.2, 0) is 0 Å². The topological polar surface area (TPSA) is 93.6 Å². The van der Waals surface area contributed by atoms with Gasteiger partial charge < -0.3 is 15.7 Å². The van der Waals surface area contributed by atoms with E-state index in [0.717, 1.165) is 18.8 Å². The standard InChI is InChI=1S/C13H20N4O2/c1-8-3-4-10(5-9(8)2)19-12-7-15-11(6-16-12)13(14)17-18/h6-10,18H,3-5H2,1-2H3,(H2,14,17). The second-order valence-corrected chi connectivity index (χ2v) is 5.23. The van der Waals surface area contributed by atoms with E-state index in [9.17, 15) is 0 Å². The lowest BCUT2D eigenvalue weighted by Gasteiger charge is -2.31. The van der Waals surface area contributed by atoms with Crippen LogP contribution in [0.2, 0.25) is 0 Å². The Balaban J connectivity index is 1.96. The molecule has 6 heteroatoms. The third-order valence-corrected chi connectivity index (χ3v) is 3.84. The highest BCUT2D eigenvalue weighted by Crippen LogP contribution is 2.31. The summed E-state index contributed by atoms with van der Waals surface area (Å²) in [5.74, 6) is 1.86. The minimum Gasteiger partial charge on any atom is -0.473 e. The molecule has 0 saturated heterocycles. The molecule has 1 saturated carbocycles. The number of amidine groups is 1. The zero-order chi connectivity index (χ0) is 13.8. The fourth-order valence-electron chi connectivity index (χ4n) is 2.34. The van der Waals surface area contributed by atoms with Gasteiger partial charge in [-0.15, -0.1) is 0 Å². The van der Waals surface area contributed by atoms with Gasteiger partial charge in [0.25, 0.3) is 0 Å². The molecule has 1 aliphatic carbocycles. The lowest BCUT2D eigenvalue weighted by molar-refractivity contribution is 0.0960. The van der Waals surface area contributed by atoms with E-state index < -0.39 is 0 Å². The second-order valence-electron chi connectivity index (χ2n) is 5.23. The summed E-state index contributed by atoms with van der Waals surface area (Å²) in [6.07, 6.45) is 6.44. The van der Waals surface area contributed by atoms with Gasteiger partial charge >= 0.3 is 0 Å². The summed E-state index contributed by atoms with van der Waals surface area (Å²) < 4.78 is 5.83. The average Bonchev–Trinajstić information content (AvgIpc) is 2.43. The van der Waals surface area contributed by atoms with Crippen LogP contribution >= 0.6 is 0 Å². The first-order valence-electron chi connectivity index (χ1n) is 6.56. The average molecular weight is 264 g/mol. The molecule has 104 valence electrons. The predicted octanol–water partition coefficient (Wildman–Crippen LogP) is 1.77. The largest absolute Gasteiger partial charge is 0.473 e. The zero-order valence-corrected chi connectivity index (χ0v) is 11.3. The molecule has 19 heavy (non-hydrogen) atoms. The Labute approximate surface area is 112 Å². The maximum atomic E-state index is 8.54. The molecule has 3 unspecified atom stereocenters. The molecule has 6 nitrogen and oxygen atoms in total. The molecule has 0 radical (unpaired) electrons. The smallest absolute Gasteiger partial charge is 0.232 e. The van der Waals surface area contributed by atoms with Crippen molar-refractivity contribution in [1.82, 2.24) is 9.97 Å². The van der Waals surface area contributed by atoms with Crippen molar-refractivity contribution < 1.29 is 9.94 Å². The van der Waals surface area contributed by atoms with E-state index in [4.69, 9.17) is 15.7 Å². The van der Waals surface area contributed by atoms with Gasteiger partial charge in [0, 0.05) is 0 Å². The highest BCUT2D eigenvalue weighted by molar-refractivity contribution is 5.94. The van der Waals surface area contributed by atoms with Crippen LogP contribution in [0.5, 0.6) is 5.88 Å². The first kappa shape index (κ1) is 13.6. The van der Waals surface area contributed by atoms with Gasteiger partial charge in [0.15, 0.2) is 5.84 Å². The van der Waals surface area contributed by atoms with Crippen molar-refractivity contribution in [2.45, 2.75) is 39.2 Å². The second kappa shape index (κ2) is 5.86. The number of oxime groups is 1. The number of ether oxygens (including phenoxy) is 1. The number of aromatic nitrogens is 2. The van der Waals surface area contributed by atoms with Crippen molar-refractivity contribution in [3.05, 3.63) is 18.1 Å². The molecular formula is C13H20N4O2. The van der Waals surface area contributed by atoms with Gasteiger partial charge in [-0.1, -0.05) is 19.0 Å². The summed E-state index contributed by atoms with van der Waals surface area (Å²) in [6.45, 7) is 4.54. The molecule has 1 aliphatic rings. The maximum absolute atomic E-state index is 8.54. The molecule has 2 rings (SSSR count). The van der Waals surface area contributed by atoms with E-state index >= 15 is 0 Å². The molecule has 3 N–H and O–H groups in total. The molecule has 1 fully saturated rings. The lowest BCUT2D eigenvalue weighted by atomic mass is 9.80. The van der Waals surface area contributed by atoms with Gasteiger partial charge in [-0.05, 0) is 31.1 Å². The van der Waals surface area contributed by atoms with E-state index in [1.54, 1.807) is 0 Å². The summed E-state index contributed by atoms with van der Waals surface area (Å²) in [6, 6.07) is 0.